The molecule has 0 rings (SSSR count). The van der Waals surface area contributed by atoms with Crippen molar-refractivity contribution in [1.82, 2.24) is 0 Å². The van der Waals surface area contributed by atoms with Crippen molar-refractivity contribution in [3.8, 4) is 0 Å². The molecule has 0 aromatic heterocycles. The molecule has 0 bridgehead atoms. The molecule has 0 aliphatic rings. The third-order valence-corrected chi connectivity index (χ3v) is 4.62. The van der Waals surface area contributed by atoms with Gasteiger partial charge in [-0.05, 0) is 12.8 Å². The van der Waals surface area contributed by atoms with Crippen LogP contribution in [0.5, 0.6) is 0 Å². The molecule has 1 nitrogen and oxygen atoms in total. The van der Waals surface area contributed by atoms with Gasteiger partial charge in [0, 0.05) is 0 Å². The summed E-state index contributed by atoms with van der Waals surface area (Å²) < 4.78 is 0. The summed E-state index contributed by atoms with van der Waals surface area (Å²) in [4.78, 5) is 0. The molecule has 11 heavy (non-hydrogen) atoms. The number of aliphatic hydroxyl groups excluding tert-OH is 1. The molecule has 0 aromatic rings. The van der Waals surface area contributed by atoms with Crippen molar-refractivity contribution in [1.29, 1.82) is 0 Å². The Bertz CT molecular complexity index is 144. The number of aliphatic hydroxyl groups is 1. The van der Waals surface area contributed by atoms with Crippen molar-refractivity contribution in [2.45, 2.75) is 39.6 Å². The zero-order valence-corrected chi connectivity index (χ0v) is 9.31. The van der Waals surface area contributed by atoms with Crippen LogP contribution in [-0.2, 0) is 0 Å². The van der Waals surface area contributed by atoms with Crippen LogP contribution in [0.4, 0.5) is 0 Å². The highest BCUT2D eigenvalue weighted by Crippen LogP contribution is 2.23. The van der Waals surface area contributed by atoms with Gasteiger partial charge in [0.25, 0.3) is 0 Å². The zero-order chi connectivity index (χ0) is 9.23. The number of rotatable bonds is 3. The van der Waals surface area contributed by atoms with Crippen LogP contribution in [-0.4, -0.2) is 19.3 Å². The summed E-state index contributed by atoms with van der Waals surface area (Å²) >= 11 is 0. The molecule has 0 saturated heterocycles. The van der Waals surface area contributed by atoms with E-state index in [1.54, 1.807) is 0 Å². The van der Waals surface area contributed by atoms with Gasteiger partial charge in [-0.25, -0.2) is 0 Å². The first kappa shape index (κ1) is 10.9. The maximum atomic E-state index is 9.32. The van der Waals surface area contributed by atoms with E-state index >= 15 is 0 Å². The molecule has 2 heteroatoms. The molecular formula is C9H20OSi. The lowest BCUT2D eigenvalue weighted by atomic mass is 10.1. The molecular weight excluding hydrogens is 152 g/mol. The van der Waals surface area contributed by atoms with E-state index in [1.807, 2.05) is 13.8 Å². The minimum absolute atomic E-state index is 0.252. The van der Waals surface area contributed by atoms with E-state index < -0.39 is 8.07 Å². The molecule has 1 N–H and O–H groups in total. The van der Waals surface area contributed by atoms with Crippen molar-refractivity contribution in [3.05, 3.63) is 11.8 Å². The zero-order valence-electron chi connectivity index (χ0n) is 8.31. The Hall–Kier alpha value is -0.0831. The van der Waals surface area contributed by atoms with Gasteiger partial charge in [-0.3, -0.25) is 0 Å². The molecule has 0 heterocycles. The summed E-state index contributed by atoms with van der Waals surface area (Å²) in [7, 11) is -1.24. The predicted octanol–water partition coefficient (Wildman–Crippen LogP) is 2.44. The van der Waals surface area contributed by atoms with E-state index in [-0.39, 0.29) is 12.0 Å². The third-order valence-electron chi connectivity index (χ3n) is 2.24. The van der Waals surface area contributed by atoms with E-state index in [0.717, 1.165) is 0 Å². The van der Waals surface area contributed by atoms with Gasteiger partial charge in [-0.2, -0.15) is 0 Å². The van der Waals surface area contributed by atoms with Gasteiger partial charge in [0.15, 0.2) is 0 Å². The van der Waals surface area contributed by atoms with Crippen molar-refractivity contribution in [3.63, 3.8) is 0 Å². The normalized spacial score (nSPS) is 17.6. The third kappa shape index (κ3) is 3.21. The molecule has 66 valence electrons. The Morgan fingerprint density at radius 1 is 1.27 bits per heavy atom. The molecule has 0 amide bonds. The molecule has 0 fully saturated rings. The highest BCUT2D eigenvalue weighted by atomic mass is 28.3. The van der Waals surface area contributed by atoms with Crippen LogP contribution < -0.4 is 0 Å². The standard InChI is InChI=1S/C9H20OSi/c1-7(8(2)10)9(3)11(4,5)6/h7-8,10H,3H2,1-2,4-6H3/t7-,8-/m1/s1. The first-order valence-corrected chi connectivity index (χ1v) is 7.64. The molecule has 0 aliphatic carbocycles. The quantitative estimate of drug-likeness (QED) is 0.648. The SMILES string of the molecule is C=C([C@H](C)[C@@H](C)O)[Si](C)(C)C. The van der Waals surface area contributed by atoms with Crippen molar-refractivity contribution in [2.75, 3.05) is 0 Å². The van der Waals surface area contributed by atoms with E-state index in [0.29, 0.717) is 0 Å². The van der Waals surface area contributed by atoms with Gasteiger partial charge in [0.1, 0.15) is 0 Å². The maximum Gasteiger partial charge on any atom is 0.0721 e. The van der Waals surface area contributed by atoms with E-state index in [4.69, 9.17) is 0 Å². The van der Waals surface area contributed by atoms with Gasteiger partial charge >= 0.3 is 0 Å². The van der Waals surface area contributed by atoms with Crippen LogP contribution in [0.1, 0.15) is 13.8 Å². The summed E-state index contributed by atoms with van der Waals surface area (Å²) in [6.07, 6.45) is -0.255. The summed E-state index contributed by atoms with van der Waals surface area (Å²) in [5.74, 6) is 0.252. The van der Waals surface area contributed by atoms with Crippen molar-refractivity contribution < 1.29 is 5.11 Å². The Morgan fingerprint density at radius 2 is 1.64 bits per heavy atom. The fraction of sp³-hybridized carbons (Fsp3) is 0.778. The second kappa shape index (κ2) is 3.54. The monoisotopic (exact) mass is 172 g/mol. The van der Waals surface area contributed by atoms with Gasteiger partial charge in [0.05, 0.1) is 14.2 Å². The van der Waals surface area contributed by atoms with Crippen LogP contribution in [0.2, 0.25) is 19.6 Å². The fourth-order valence-electron chi connectivity index (χ4n) is 0.974. The average Bonchev–Trinajstić information content (AvgIpc) is 1.82. The van der Waals surface area contributed by atoms with Gasteiger partial charge in [-0.1, -0.05) is 31.8 Å². The average molecular weight is 172 g/mol. The maximum absolute atomic E-state index is 9.32. The Labute approximate surface area is 71.1 Å². The van der Waals surface area contributed by atoms with Crippen LogP contribution in [0, 0.1) is 5.92 Å². The van der Waals surface area contributed by atoms with Crippen LogP contribution in [0.15, 0.2) is 11.8 Å². The highest BCUT2D eigenvalue weighted by Gasteiger charge is 2.24. The Morgan fingerprint density at radius 3 is 1.73 bits per heavy atom. The summed E-state index contributed by atoms with van der Waals surface area (Å²) in [6.45, 7) is 14.7. The molecule has 0 saturated carbocycles. The molecule has 0 spiro atoms. The summed E-state index contributed by atoms with van der Waals surface area (Å²) in [5, 5.41) is 10.6. The van der Waals surface area contributed by atoms with E-state index in [1.165, 1.54) is 5.20 Å². The first-order chi connectivity index (χ1) is 4.76. The summed E-state index contributed by atoms with van der Waals surface area (Å²) in [5.41, 5.74) is 0. The lowest BCUT2D eigenvalue weighted by Crippen LogP contribution is -2.31. The van der Waals surface area contributed by atoms with Crippen LogP contribution in [0.25, 0.3) is 0 Å². The smallest absolute Gasteiger partial charge is 0.0721 e. The molecule has 0 unspecified atom stereocenters. The minimum atomic E-state index is -1.24. The largest absolute Gasteiger partial charge is 0.393 e. The van der Waals surface area contributed by atoms with E-state index in [9.17, 15) is 5.11 Å². The van der Waals surface area contributed by atoms with Crippen LogP contribution in [0.3, 0.4) is 0 Å². The Kier molecular flexibility index (Phi) is 3.52. The molecule has 0 radical (unpaired) electrons. The fourth-order valence-corrected chi connectivity index (χ4v) is 2.58. The van der Waals surface area contributed by atoms with Gasteiger partial charge in [-0.15, -0.1) is 6.58 Å². The second-order valence-electron chi connectivity index (χ2n) is 4.30. The molecule has 2 atom stereocenters. The summed E-state index contributed by atoms with van der Waals surface area (Å²) in [6, 6.07) is 0. The number of hydrogen-bond acceptors (Lipinski definition) is 1. The van der Waals surface area contributed by atoms with Gasteiger partial charge < -0.3 is 5.11 Å². The van der Waals surface area contributed by atoms with Crippen molar-refractivity contribution in [2.24, 2.45) is 5.92 Å². The highest BCUT2D eigenvalue weighted by molar-refractivity contribution is 6.83. The van der Waals surface area contributed by atoms with Gasteiger partial charge in [0.2, 0.25) is 0 Å². The molecule has 0 aliphatic heterocycles. The lowest BCUT2D eigenvalue weighted by molar-refractivity contribution is 0.155. The molecule has 0 aromatic carbocycles. The topological polar surface area (TPSA) is 20.2 Å². The second-order valence-corrected chi connectivity index (χ2v) is 9.45. The Balaban J connectivity index is 4.26. The minimum Gasteiger partial charge on any atom is -0.393 e. The predicted molar refractivity (Wildman–Crippen MR) is 53.3 cm³/mol. The van der Waals surface area contributed by atoms with Crippen molar-refractivity contribution >= 4 is 8.07 Å². The first-order valence-electron chi connectivity index (χ1n) is 4.14. The van der Waals surface area contributed by atoms with E-state index in [2.05, 4.69) is 26.2 Å². The lowest BCUT2D eigenvalue weighted by Gasteiger charge is -2.27. The number of hydrogen-bond donors (Lipinski definition) is 1. The van der Waals surface area contributed by atoms with Crippen LogP contribution >= 0.6 is 0 Å².